The Balaban J connectivity index is 0.00000361. The molecule has 1 saturated heterocycles. The molecule has 0 spiro atoms. The van der Waals surface area contributed by atoms with Gasteiger partial charge >= 0.3 is 29.6 Å². The van der Waals surface area contributed by atoms with Crippen molar-refractivity contribution in [2.45, 2.75) is 32.1 Å². The van der Waals surface area contributed by atoms with E-state index < -0.39 is 5.97 Å². The smallest absolute Gasteiger partial charge is 0.550 e. The zero-order valence-corrected chi connectivity index (χ0v) is 23.1. The van der Waals surface area contributed by atoms with Crippen molar-refractivity contribution in [3.8, 4) is 0 Å². The van der Waals surface area contributed by atoms with E-state index in [0.29, 0.717) is 43.6 Å². The van der Waals surface area contributed by atoms with Crippen molar-refractivity contribution >= 4 is 17.4 Å². The molecule has 2 aromatic carbocycles. The van der Waals surface area contributed by atoms with E-state index in [0.717, 1.165) is 22.4 Å². The molecule has 0 unspecified atom stereocenters. The number of hydrogen-bond acceptors (Lipinski definition) is 6. The van der Waals surface area contributed by atoms with Crippen LogP contribution in [0.1, 0.15) is 47.4 Å². The molecule has 7 nitrogen and oxygen atoms in total. The van der Waals surface area contributed by atoms with Gasteiger partial charge in [0.15, 0.2) is 0 Å². The number of anilines is 1. The first-order chi connectivity index (χ1) is 16.9. The van der Waals surface area contributed by atoms with E-state index in [4.69, 9.17) is 0 Å². The second-order valence-corrected chi connectivity index (χ2v) is 9.20. The van der Waals surface area contributed by atoms with Gasteiger partial charge in [-0.3, -0.25) is 4.79 Å². The van der Waals surface area contributed by atoms with Gasteiger partial charge in [0.25, 0.3) is 0 Å². The van der Waals surface area contributed by atoms with Crippen LogP contribution in [-0.4, -0.2) is 34.5 Å². The molecule has 1 aliphatic heterocycles. The topological polar surface area (TPSA) is 98.0 Å². The molecule has 36 heavy (non-hydrogen) atoms. The van der Waals surface area contributed by atoms with Crippen LogP contribution in [0.4, 0.5) is 5.69 Å². The number of hydrogen-bond donors (Lipinski definition) is 1. The first-order valence-electron chi connectivity index (χ1n) is 11.9. The van der Waals surface area contributed by atoms with E-state index >= 15 is 0 Å². The average Bonchev–Trinajstić information content (AvgIpc) is 2.87. The Morgan fingerprint density at radius 3 is 2.33 bits per heavy atom. The van der Waals surface area contributed by atoms with Gasteiger partial charge in [0.2, 0.25) is 5.56 Å². The average molecular weight is 496 g/mol. The molecule has 1 aliphatic rings. The Kier molecular flexibility index (Phi) is 9.54. The molecule has 8 heteroatoms. The largest absolute Gasteiger partial charge is 1.00 e. The molecule has 3 aromatic rings. The SMILES string of the molecule is Cc1ccccc1[C@H](C/C(=N/O)c1ccc(=O)n(C)c1)c1ccc(N2CCC(C(=O)[O-])CC2)cc1.[Na+]. The predicted octanol–water partition coefficient (Wildman–Crippen LogP) is 0.0645. The van der Waals surface area contributed by atoms with E-state index in [1.807, 2.05) is 12.1 Å². The van der Waals surface area contributed by atoms with E-state index in [2.05, 4.69) is 53.4 Å². The molecular weight excluding hydrogens is 465 g/mol. The van der Waals surface area contributed by atoms with Crippen LogP contribution in [0, 0.1) is 12.8 Å². The zero-order chi connectivity index (χ0) is 24.9. The second kappa shape index (κ2) is 12.4. The van der Waals surface area contributed by atoms with Crippen molar-refractivity contribution < 1.29 is 44.7 Å². The Hall–Kier alpha value is -2.87. The summed E-state index contributed by atoms with van der Waals surface area (Å²) in [6.45, 7) is 3.45. The summed E-state index contributed by atoms with van der Waals surface area (Å²) in [5, 5.41) is 24.6. The van der Waals surface area contributed by atoms with Gasteiger partial charge in [-0.05, 0) is 54.7 Å². The van der Waals surface area contributed by atoms with Gasteiger partial charge in [-0.25, -0.2) is 0 Å². The number of aliphatic carboxylic acids is 1. The number of pyridine rings is 1. The summed E-state index contributed by atoms with van der Waals surface area (Å²) in [6, 6.07) is 19.7. The number of aromatic nitrogens is 1. The number of carbonyl (C=O) groups is 1. The van der Waals surface area contributed by atoms with E-state index in [9.17, 15) is 19.9 Å². The molecule has 182 valence electrons. The number of oxime groups is 1. The van der Waals surface area contributed by atoms with Gasteiger partial charge in [0, 0.05) is 67.9 Å². The summed E-state index contributed by atoms with van der Waals surface area (Å²) in [6.07, 6.45) is 3.32. The van der Waals surface area contributed by atoms with Crippen LogP contribution in [0.5, 0.6) is 0 Å². The van der Waals surface area contributed by atoms with Crippen molar-refractivity contribution in [3.63, 3.8) is 0 Å². The summed E-state index contributed by atoms with van der Waals surface area (Å²) in [7, 11) is 1.67. The first-order valence-corrected chi connectivity index (χ1v) is 11.9. The Bertz CT molecular complexity index is 1280. The molecule has 1 N–H and O–H groups in total. The van der Waals surface area contributed by atoms with Crippen molar-refractivity contribution in [1.29, 1.82) is 0 Å². The van der Waals surface area contributed by atoms with Crippen molar-refractivity contribution in [2.75, 3.05) is 18.0 Å². The van der Waals surface area contributed by atoms with Gasteiger partial charge < -0.3 is 24.6 Å². The molecule has 0 saturated carbocycles. The molecule has 1 fully saturated rings. The number of carbonyl (C=O) groups excluding carboxylic acids is 1. The fraction of sp³-hybridized carbons (Fsp3) is 0.321. The molecule has 0 amide bonds. The molecule has 2 heterocycles. The van der Waals surface area contributed by atoms with Gasteiger partial charge in [0.1, 0.15) is 0 Å². The molecular formula is C28H30N3NaO4. The van der Waals surface area contributed by atoms with Gasteiger partial charge in [-0.1, -0.05) is 41.6 Å². The van der Waals surface area contributed by atoms with E-state index in [1.54, 1.807) is 19.3 Å². The van der Waals surface area contributed by atoms with Crippen LogP contribution in [-0.2, 0) is 11.8 Å². The Morgan fingerprint density at radius 2 is 1.75 bits per heavy atom. The number of benzene rings is 2. The first kappa shape index (κ1) is 27.7. The molecule has 1 atom stereocenters. The fourth-order valence-corrected chi connectivity index (χ4v) is 4.85. The minimum Gasteiger partial charge on any atom is -0.550 e. The summed E-state index contributed by atoms with van der Waals surface area (Å²) >= 11 is 0. The number of piperidine rings is 1. The van der Waals surface area contributed by atoms with E-state index in [1.165, 1.54) is 10.6 Å². The summed E-state index contributed by atoms with van der Waals surface area (Å²) in [4.78, 5) is 25.2. The van der Waals surface area contributed by atoms with Crippen LogP contribution in [0.3, 0.4) is 0 Å². The van der Waals surface area contributed by atoms with Crippen LogP contribution in [0.15, 0.2) is 76.8 Å². The number of nitrogens with zero attached hydrogens (tertiary/aromatic N) is 3. The van der Waals surface area contributed by atoms with Gasteiger partial charge in [-0.2, -0.15) is 0 Å². The second-order valence-electron chi connectivity index (χ2n) is 9.20. The fourth-order valence-electron chi connectivity index (χ4n) is 4.85. The third-order valence-electron chi connectivity index (χ3n) is 6.99. The summed E-state index contributed by atoms with van der Waals surface area (Å²) in [5.74, 6) is -1.39. The normalized spacial score (nSPS) is 15.3. The maximum Gasteiger partial charge on any atom is 1.00 e. The molecule has 0 radical (unpaired) electrons. The monoisotopic (exact) mass is 495 g/mol. The zero-order valence-electron chi connectivity index (χ0n) is 21.1. The number of aryl methyl sites for hydroxylation is 2. The number of rotatable bonds is 7. The molecule has 4 rings (SSSR count). The van der Waals surface area contributed by atoms with Gasteiger partial charge in [-0.15, -0.1) is 0 Å². The molecule has 1 aromatic heterocycles. The van der Waals surface area contributed by atoms with Crippen LogP contribution in [0.2, 0.25) is 0 Å². The predicted molar refractivity (Wildman–Crippen MR) is 134 cm³/mol. The quantitative estimate of drug-likeness (QED) is 0.217. The van der Waals surface area contributed by atoms with E-state index in [-0.39, 0.29) is 47.0 Å². The molecule has 0 aliphatic carbocycles. The Labute approximate surface area is 233 Å². The van der Waals surface area contributed by atoms with Crippen LogP contribution >= 0.6 is 0 Å². The number of carboxylic acids is 1. The summed E-state index contributed by atoms with van der Waals surface area (Å²) < 4.78 is 1.47. The van der Waals surface area contributed by atoms with Crippen molar-refractivity contribution in [2.24, 2.45) is 18.1 Å². The standard InChI is InChI=1S/C28H31N3O4.Na/c1-19-5-3-4-6-24(19)25(17-26(29-35)22-9-12-27(32)30(2)18-22)20-7-10-23(11-8-20)31-15-13-21(14-16-31)28(33)34;/h3-12,18,21,25,35H,13-17H2,1-2H3,(H,33,34);/q;+1/p-1/b29-26-;/t25-;/m1./s1. The number of carboxylic acid groups (broad SMARTS) is 1. The summed E-state index contributed by atoms with van der Waals surface area (Å²) in [5.41, 5.74) is 5.50. The van der Waals surface area contributed by atoms with Gasteiger partial charge in [0.05, 0.1) is 5.71 Å². The van der Waals surface area contributed by atoms with Crippen molar-refractivity contribution in [3.05, 3.63) is 99.5 Å². The third-order valence-corrected chi connectivity index (χ3v) is 6.99. The van der Waals surface area contributed by atoms with Crippen molar-refractivity contribution in [1.82, 2.24) is 4.57 Å². The maximum atomic E-state index is 11.8. The van der Waals surface area contributed by atoms with Crippen LogP contribution < -0.4 is 45.1 Å². The van der Waals surface area contributed by atoms with Crippen LogP contribution in [0.25, 0.3) is 0 Å². The minimum absolute atomic E-state index is 0. The third kappa shape index (κ3) is 6.27. The molecule has 0 bridgehead atoms. The maximum absolute atomic E-state index is 11.8. The minimum atomic E-state index is -0.957. The Morgan fingerprint density at radius 1 is 1.08 bits per heavy atom.